The van der Waals surface area contributed by atoms with E-state index >= 15 is 0 Å². The van der Waals surface area contributed by atoms with Gasteiger partial charge in [-0.2, -0.15) is 10.2 Å². The molecule has 0 bridgehead atoms. The summed E-state index contributed by atoms with van der Waals surface area (Å²) in [4.78, 5) is 20.8. The minimum absolute atomic E-state index is 0.0292. The highest BCUT2D eigenvalue weighted by Gasteiger charge is 2.26. The van der Waals surface area contributed by atoms with Gasteiger partial charge in [0.2, 0.25) is 17.5 Å². The van der Waals surface area contributed by atoms with Crippen molar-refractivity contribution in [3.8, 4) is 17.6 Å². The molecule has 1 fully saturated rings. The first-order chi connectivity index (χ1) is 16.1. The lowest BCUT2D eigenvalue weighted by Crippen LogP contribution is -2.48. The molecular formula is C25H24N4O4. The van der Waals surface area contributed by atoms with Crippen LogP contribution in [0.5, 0.6) is 11.5 Å². The number of oxazole rings is 1. The average Bonchev–Trinajstić information content (AvgIpc) is 3.31. The maximum absolute atomic E-state index is 12.8. The number of carbonyl (C=O) groups is 1. The van der Waals surface area contributed by atoms with Crippen molar-refractivity contribution in [2.45, 2.75) is 0 Å². The molecule has 1 aromatic heterocycles. The molecule has 168 valence electrons. The molecule has 0 spiro atoms. The number of benzene rings is 2. The Bertz CT molecular complexity index is 1170. The number of amides is 1. The zero-order chi connectivity index (χ0) is 23.2. The van der Waals surface area contributed by atoms with Crippen molar-refractivity contribution in [1.29, 1.82) is 5.26 Å². The highest BCUT2D eigenvalue weighted by molar-refractivity contribution is 5.94. The minimum atomic E-state index is -0.0292. The average molecular weight is 444 g/mol. The third-order valence-corrected chi connectivity index (χ3v) is 5.46. The number of aromatic nitrogens is 1. The molecule has 1 amide bonds. The van der Waals surface area contributed by atoms with Crippen molar-refractivity contribution in [2.24, 2.45) is 0 Å². The third-order valence-electron chi connectivity index (χ3n) is 5.46. The van der Waals surface area contributed by atoms with Crippen LogP contribution in [-0.4, -0.2) is 56.2 Å². The van der Waals surface area contributed by atoms with Gasteiger partial charge in [-0.05, 0) is 48.0 Å². The van der Waals surface area contributed by atoms with E-state index < -0.39 is 0 Å². The number of carbonyl (C=O) groups excluding carboxylic acids is 1. The summed E-state index contributed by atoms with van der Waals surface area (Å²) < 4.78 is 16.2. The summed E-state index contributed by atoms with van der Waals surface area (Å²) in [6.07, 6.45) is 3.59. The fourth-order valence-electron chi connectivity index (χ4n) is 3.60. The number of anilines is 1. The largest absolute Gasteiger partial charge is 0.497 e. The number of hydrogen-bond acceptors (Lipinski definition) is 7. The van der Waals surface area contributed by atoms with Crippen molar-refractivity contribution >= 4 is 23.9 Å². The summed E-state index contributed by atoms with van der Waals surface area (Å²) in [5.74, 6) is 2.25. The van der Waals surface area contributed by atoms with Gasteiger partial charge in [0.05, 0.1) is 14.2 Å². The summed E-state index contributed by atoms with van der Waals surface area (Å²) >= 11 is 0. The summed E-state index contributed by atoms with van der Waals surface area (Å²) in [6, 6.07) is 16.8. The maximum Gasteiger partial charge on any atom is 0.253 e. The maximum atomic E-state index is 12.8. The number of methoxy groups -OCH3 is 2. The van der Waals surface area contributed by atoms with Gasteiger partial charge in [-0.3, -0.25) is 4.79 Å². The van der Waals surface area contributed by atoms with Crippen LogP contribution in [0.15, 0.2) is 52.9 Å². The van der Waals surface area contributed by atoms with E-state index in [-0.39, 0.29) is 11.6 Å². The standard InChI is InChI=1S/C25H24N4O4/c1-31-20-8-3-18(4-9-20)5-12-23-27-22(17-26)25(33-23)29-15-13-28(14-16-29)24(30)19-6-10-21(32-2)11-7-19/h3-12H,13-16H2,1-2H3. The molecule has 2 aromatic carbocycles. The summed E-state index contributed by atoms with van der Waals surface area (Å²) in [5, 5.41) is 9.53. The number of hydrogen-bond donors (Lipinski definition) is 0. The van der Waals surface area contributed by atoms with E-state index in [1.807, 2.05) is 35.2 Å². The summed E-state index contributed by atoms with van der Waals surface area (Å²) in [6.45, 7) is 2.14. The Balaban J connectivity index is 1.41. The van der Waals surface area contributed by atoms with Crippen LogP contribution in [-0.2, 0) is 0 Å². The molecule has 0 aliphatic carbocycles. The van der Waals surface area contributed by atoms with Gasteiger partial charge in [-0.1, -0.05) is 12.1 Å². The Morgan fingerprint density at radius 3 is 2.15 bits per heavy atom. The second-order valence-corrected chi connectivity index (χ2v) is 7.43. The van der Waals surface area contributed by atoms with E-state index in [9.17, 15) is 10.1 Å². The quantitative estimate of drug-likeness (QED) is 0.572. The van der Waals surface area contributed by atoms with E-state index in [1.165, 1.54) is 0 Å². The molecule has 1 saturated heterocycles. The first-order valence-electron chi connectivity index (χ1n) is 10.5. The van der Waals surface area contributed by atoms with Crippen molar-refractivity contribution in [1.82, 2.24) is 9.88 Å². The first-order valence-corrected chi connectivity index (χ1v) is 10.5. The Hall–Kier alpha value is -4.25. The molecule has 33 heavy (non-hydrogen) atoms. The smallest absolute Gasteiger partial charge is 0.253 e. The van der Waals surface area contributed by atoms with Gasteiger partial charge in [-0.15, -0.1) is 0 Å². The Labute approximate surface area is 192 Å². The molecule has 2 heterocycles. The zero-order valence-corrected chi connectivity index (χ0v) is 18.5. The molecule has 0 N–H and O–H groups in total. The Morgan fingerprint density at radius 1 is 0.970 bits per heavy atom. The topological polar surface area (TPSA) is 91.8 Å². The van der Waals surface area contributed by atoms with E-state index in [1.54, 1.807) is 49.5 Å². The van der Waals surface area contributed by atoms with Crippen molar-refractivity contribution in [3.05, 3.63) is 71.2 Å². The normalized spacial score (nSPS) is 13.7. The highest BCUT2D eigenvalue weighted by atomic mass is 16.5. The van der Waals surface area contributed by atoms with Gasteiger partial charge in [0.1, 0.15) is 17.6 Å². The van der Waals surface area contributed by atoms with Crippen LogP contribution >= 0.6 is 0 Å². The molecule has 0 saturated carbocycles. The minimum Gasteiger partial charge on any atom is -0.497 e. The predicted octanol–water partition coefficient (Wildman–Crippen LogP) is 3.70. The fourth-order valence-corrected chi connectivity index (χ4v) is 3.60. The van der Waals surface area contributed by atoms with Crippen LogP contribution < -0.4 is 14.4 Å². The molecule has 4 rings (SSSR count). The summed E-state index contributed by atoms with van der Waals surface area (Å²) in [7, 11) is 3.21. The van der Waals surface area contributed by atoms with Crippen LogP contribution in [0.3, 0.4) is 0 Å². The highest BCUT2D eigenvalue weighted by Crippen LogP contribution is 2.25. The number of ether oxygens (including phenoxy) is 2. The van der Waals surface area contributed by atoms with Gasteiger partial charge >= 0.3 is 0 Å². The number of piperazine rings is 1. The molecular weight excluding hydrogens is 420 g/mol. The van der Waals surface area contributed by atoms with Gasteiger partial charge in [0, 0.05) is 37.8 Å². The van der Waals surface area contributed by atoms with Crippen LogP contribution in [0.4, 0.5) is 5.88 Å². The molecule has 0 unspecified atom stereocenters. The van der Waals surface area contributed by atoms with E-state index in [0.29, 0.717) is 49.3 Å². The summed E-state index contributed by atoms with van der Waals surface area (Å²) in [5.41, 5.74) is 1.81. The number of rotatable bonds is 6. The van der Waals surface area contributed by atoms with Gasteiger partial charge < -0.3 is 23.7 Å². The molecule has 0 atom stereocenters. The van der Waals surface area contributed by atoms with Crippen LogP contribution in [0.25, 0.3) is 12.2 Å². The fraction of sp³-hybridized carbons (Fsp3) is 0.240. The van der Waals surface area contributed by atoms with Crippen molar-refractivity contribution in [2.75, 3.05) is 45.3 Å². The lowest BCUT2D eigenvalue weighted by molar-refractivity contribution is 0.0745. The zero-order valence-electron chi connectivity index (χ0n) is 18.5. The Kier molecular flexibility index (Phi) is 6.60. The lowest BCUT2D eigenvalue weighted by Gasteiger charge is -2.34. The van der Waals surface area contributed by atoms with Crippen LogP contribution in [0.1, 0.15) is 27.5 Å². The lowest BCUT2D eigenvalue weighted by atomic mass is 10.1. The molecule has 1 aliphatic rings. The van der Waals surface area contributed by atoms with Gasteiger partial charge in [0.25, 0.3) is 5.91 Å². The molecule has 0 radical (unpaired) electrons. The van der Waals surface area contributed by atoms with Crippen LogP contribution in [0.2, 0.25) is 0 Å². The van der Waals surface area contributed by atoms with E-state index in [2.05, 4.69) is 11.1 Å². The van der Waals surface area contributed by atoms with E-state index in [4.69, 9.17) is 13.9 Å². The number of nitrogens with zero attached hydrogens (tertiary/aromatic N) is 4. The molecule has 1 aliphatic heterocycles. The second kappa shape index (κ2) is 9.92. The SMILES string of the molecule is COc1ccc(C=Cc2nc(C#N)c(N3CCN(C(=O)c4ccc(OC)cc4)CC3)o2)cc1. The molecule has 3 aromatic rings. The van der Waals surface area contributed by atoms with E-state index in [0.717, 1.165) is 11.3 Å². The first kappa shape index (κ1) is 22.0. The van der Waals surface area contributed by atoms with Crippen LogP contribution in [0, 0.1) is 11.3 Å². The van der Waals surface area contributed by atoms with Gasteiger partial charge in [0.15, 0.2) is 0 Å². The Morgan fingerprint density at radius 2 is 1.58 bits per heavy atom. The molecule has 8 heteroatoms. The number of nitriles is 1. The second-order valence-electron chi connectivity index (χ2n) is 7.43. The third kappa shape index (κ3) is 4.99. The van der Waals surface area contributed by atoms with Crippen molar-refractivity contribution < 1.29 is 18.7 Å². The monoisotopic (exact) mass is 444 g/mol. The predicted molar refractivity (Wildman–Crippen MR) is 124 cm³/mol. The molecule has 8 nitrogen and oxygen atoms in total. The van der Waals surface area contributed by atoms with Gasteiger partial charge in [-0.25, -0.2) is 0 Å². The van der Waals surface area contributed by atoms with Crippen molar-refractivity contribution in [3.63, 3.8) is 0 Å².